The van der Waals surface area contributed by atoms with Crippen LogP contribution >= 0.6 is 15.9 Å². The molecule has 1 unspecified atom stereocenters. The number of hydrogen-bond donors (Lipinski definition) is 0. The number of nitrogens with zero attached hydrogens (tertiary/aromatic N) is 1. The Hall–Kier alpha value is -0.390. The van der Waals surface area contributed by atoms with Crippen molar-refractivity contribution in [3.8, 4) is 0 Å². The Labute approximate surface area is 111 Å². The quantitative estimate of drug-likeness (QED) is 0.786. The molecular formula is C12H16BrNO2S. The summed E-state index contributed by atoms with van der Waals surface area (Å²) in [7, 11) is -3.31. The smallest absolute Gasteiger partial charge is 0.207 e. The van der Waals surface area contributed by atoms with Crippen LogP contribution in [0, 0.1) is 6.92 Å². The zero-order valence-electron chi connectivity index (χ0n) is 9.77. The monoisotopic (exact) mass is 317 g/mol. The summed E-state index contributed by atoms with van der Waals surface area (Å²) in [5.74, 6) is 0. The van der Waals surface area contributed by atoms with Gasteiger partial charge in [0.25, 0.3) is 0 Å². The topological polar surface area (TPSA) is 37.4 Å². The number of aryl methyl sites for hydroxylation is 1. The SMILES string of the molecule is Cc1cccc(S(=O)(=O)N2CCCC(Br)C2)c1. The van der Waals surface area contributed by atoms with Gasteiger partial charge in [-0.25, -0.2) is 8.42 Å². The average molecular weight is 318 g/mol. The van der Waals surface area contributed by atoms with Crippen LogP contribution in [0.25, 0.3) is 0 Å². The molecule has 0 radical (unpaired) electrons. The number of piperidine rings is 1. The summed E-state index contributed by atoms with van der Waals surface area (Å²) >= 11 is 3.50. The second kappa shape index (κ2) is 5.08. The van der Waals surface area contributed by atoms with E-state index in [1.807, 2.05) is 13.0 Å². The van der Waals surface area contributed by atoms with E-state index in [0.29, 0.717) is 18.0 Å². The molecule has 2 rings (SSSR count). The molecular weight excluding hydrogens is 302 g/mol. The zero-order valence-corrected chi connectivity index (χ0v) is 12.2. The van der Waals surface area contributed by atoms with Gasteiger partial charge in [0.15, 0.2) is 0 Å². The lowest BCUT2D eigenvalue weighted by Crippen LogP contribution is -2.40. The van der Waals surface area contributed by atoms with Crippen molar-refractivity contribution in [2.75, 3.05) is 13.1 Å². The van der Waals surface area contributed by atoms with Gasteiger partial charge in [-0.2, -0.15) is 4.31 Å². The Morgan fingerprint density at radius 2 is 2.18 bits per heavy atom. The van der Waals surface area contributed by atoms with E-state index in [-0.39, 0.29) is 4.83 Å². The fourth-order valence-corrected chi connectivity index (χ4v) is 4.53. The highest BCUT2D eigenvalue weighted by atomic mass is 79.9. The van der Waals surface area contributed by atoms with Gasteiger partial charge in [-0.1, -0.05) is 28.1 Å². The van der Waals surface area contributed by atoms with Crippen molar-refractivity contribution < 1.29 is 8.42 Å². The molecule has 3 nitrogen and oxygen atoms in total. The van der Waals surface area contributed by atoms with Gasteiger partial charge in [-0.05, 0) is 37.5 Å². The first kappa shape index (κ1) is 13.1. The molecule has 5 heteroatoms. The van der Waals surface area contributed by atoms with Gasteiger partial charge in [0.2, 0.25) is 10.0 Å². The Morgan fingerprint density at radius 1 is 1.41 bits per heavy atom. The number of hydrogen-bond acceptors (Lipinski definition) is 2. The van der Waals surface area contributed by atoms with Gasteiger partial charge in [-0.15, -0.1) is 0 Å². The molecule has 1 saturated heterocycles. The number of sulfonamides is 1. The third-order valence-electron chi connectivity index (χ3n) is 2.95. The summed E-state index contributed by atoms with van der Waals surface area (Å²) in [5.41, 5.74) is 0.971. The highest BCUT2D eigenvalue weighted by molar-refractivity contribution is 9.09. The number of alkyl halides is 1. The van der Waals surface area contributed by atoms with E-state index in [0.717, 1.165) is 18.4 Å². The Bertz CT molecular complexity index is 501. The minimum absolute atomic E-state index is 0.274. The molecule has 0 saturated carbocycles. The van der Waals surface area contributed by atoms with Crippen molar-refractivity contribution in [3.05, 3.63) is 29.8 Å². The number of halogens is 1. The van der Waals surface area contributed by atoms with E-state index in [1.165, 1.54) is 0 Å². The van der Waals surface area contributed by atoms with Crippen molar-refractivity contribution in [2.24, 2.45) is 0 Å². The maximum atomic E-state index is 12.4. The van der Waals surface area contributed by atoms with Crippen LogP contribution in [-0.2, 0) is 10.0 Å². The summed E-state index contributed by atoms with van der Waals surface area (Å²) in [4.78, 5) is 0.676. The minimum Gasteiger partial charge on any atom is -0.207 e. The van der Waals surface area contributed by atoms with E-state index in [2.05, 4.69) is 15.9 Å². The van der Waals surface area contributed by atoms with Crippen LogP contribution in [0.5, 0.6) is 0 Å². The molecule has 1 aromatic carbocycles. The highest BCUT2D eigenvalue weighted by Gasteiger charge is 2.29. The molecule has 1 atom stereocenters. The van der Waals surface area contributed by atoms with Crippen LogP contribution in [-0.4, -0.2) is 30.6 Å². The molecule has 1 aliphatic heterocycles. The summed E-state index contributed by atoms with van der Waals surface area (Å²) < 4.78 is 26.4. The number of rotatable bonds is 2. The van der Waals surface area contributed by atoms with Gasteiger partial charge in [0, 0.05) is 17.9 Å². The molecule has 17 heavy (non-hydrogen) atoms. The molecule has 1 heterocycles. The van der Waals surface area contributed by atoms with Crippen molar-refractivity contribution in [1.29, 1.82) is 0 Å². The van der Waals surface area contributed by atoms with Crippen LogP contribution < -0.4 is 0 Å². The molecule has 94 valence electrons. The fraction of sp³-hybridized carbons (Fsp3) is 0.500. The first-order valence-electron chi connectivity index (χ1n) is 5.71. The molecule has 0 spiro atoms. The van der Waals surface area contributed by atoms with Gasteiger partial charge in [0.1, 0.15) is 0 Å². The van der Waals surface area contributed by atoms with Crippen LogP contribution in [0.1, 0.15) is 18.4 Å². The summed E-state index contributed by atoms with van der Waals surface area (Å²) in [6, 6.07) is 7.09. The normalized spacial score (nSPS) is 22.6. The highest BCUT2D eigenvalue weighted by Crippen LogP contribution is 2.24. The largest absolute Gasteiger partial charge is 0.243 e. The first-order chi connectivity index (χ1) is 8.00. The number of benzene rings is 1. The Kier molecular flexibility index (Phi) is 3.90. The molecule has 1 aliphatic rings. The predicted octanol–water partition coefficient (Wildman–Crippen LogP) is 2.54. The van der Waals surface area contributed by atoms with Crippen molar-refractivity contribution in [2.45, 2.75) is 29.5 Å². The van der Waals surface area contributed by atoms with E-state index >= 15 is 0 Å². The molecule has 0 aliphatic carbocycles. The van der Waals surface area contributed by atoms with Crippen LogP contribution in [0.4, 0.5) is 0 Å². The van der Waals surface area contributed by atoms with Crippen molar-refractivity contribution in [3.63, 3.8) is 0 Å². The maximum Gasteiger partial charge on any atom is 0.243 e. The van der Waals surface area contributed by atoms with E-state index in [1.54, 1.807) is 22.5 Å². The second-order valence-electron chi connectivity index (χ2n) is 4.42. The van der Waals surface area contributed by atoms with Crippen molar-refractivity contribution in [1.82, 2.24) is 4.31 Å². The third kappa shape index (κ3) is 2.89. The summed E-state index contributed by atoms with van der Waals surface area (Å²) in [5, 5.41) is 0. The molecule has 0 aromatic heterocycles. The Balaban J connectivity index is 2.29. The molecule has 1 aromatic rings. The third-order valence-corrected chi connectivity index (χ3v) is 5.56. The zero-order chi connectivity index (χ0) is 12.5. The van der Waals surface area contributed by atoms with Gasteiger partial charge >= 0.3 is 0 Å². The van der Waals surface area contributed by atoms with E-state index in [4.69, 9.17) is 0 Å². The van der Waals surface area contributed by atoms with Gasteiger partial charge in [0.05, 0.1) is 4.90 Å². The average Bonchev–Trinajstić information content (AvgIpc) is 2.29. The Morgan fingerprint density at radius 3 is 2.82 bits per heavy atom. The summed E-state index contributed by atoms with van der Waals surface area (Å²) in [6.07, 6.45) is 1.96. The van der Waals surface area contributed by atoms with Crippen molar-refractivity contribution >= 4 is 26.0 Å². The lowest BCUT2D eigenvalue weighted by Gasteiger charge is -2.29. The van der Waals surface area contributed by atoms with E-state index < -0.39 is 10.0 Å². The molecule has 1 fully saturated rings. The summed E-state index contributed by atoms with van der Waals surface area (Å²) in [6.45, 7) is 3.09. The van der Waals surface area contributed by atoms with Crippen LogP contribution in [0.3, 0.4) is 0 Å². The predicted molar refractivity (Wildman–Crippen MR) is 71.9 cm³/mol. The fourth-order valence-electron chi connectivity index (χ4n) is 2.04. The van der Waals surface area contributed by atoms with Crippen LogP contribution in [0.2, 0.25) is 0 Å². The second-order valence-corrected chi connectivity index (χ2v) is 7.65. The van der Waals surface area contributed by atoms with Crippen LogP contribution in [0.15, 0.2) is 29.2 Å². The molecule has 0 N–H and O–H groups in total. The molecule has 0 bridgehead atoms. The minimum atomic E-state index is -3.31. The first-order valence-corrected chi connectivity index (χ1v) is 8.06. The standard InChI is InChI=1S/C12H16BrNO2S/c1-10-4-2-6-12(8-10)17(15,16)14-7-3-5-11(13)9-14/h2,4,6,8,11H,3,5,7,9H2,1H3. The van der Waals surface area contributed by atoms with Gasteiger partial charge in [-0.3, -0.25) is 0 Å². The molecule has 0 amide bonds. The maximum absolute atomic E-state index is 12.4. The lowest BCUT2D eigenvalue weighted by atomic mass is 10.2. The lowest BCUT2D eigenvalue weighted by molar-refractivity contribution is 0.356. The van der Waals surface area contributed by atoms with Gasteiger partial charge < -0.3 is 0 Å². The van der Waals surface area contributed by atoms with E-state index in [9.17, 15) is 8.42 Å².